The van der Waals surface area contributed by atoms with Crippen LogP contribution >= 0.6 is 0 Å². The molecule has 2 fully saturated rings. The van der Waals surface area contributed by atoms with Crippen LogP contribution in [0.3, 0.4) is 0 Å². The van der Waals surface area contributed by atoms with E-state index in [9.17, 15) is 4.79 Å². The van der Waals surface area contributed by atoms with Crippen molar-refractivity contribution in [2.45, 2.75) is 44.2 Å². The summed E-state index contributed by atoms with van der Waals surface area (Å²) in [6.07, 6.45) is 5.53. The van der Waals surface area contributed by atoms with Crippen LogP contribution in [0.5, 0.6) is 0 Å². The summed E-state index contributed by atoms with van der Waals surface area (Å²) in [5.74, 6) is 0.479. The Bertz CT molecular complexity index is 178. The monoisotopic (exact) mass is 153 g/mol. The van der Waals surface area contributed by atoms with Gasteiger partial charge in [0.2, 0.25) is 0 Å². The zero-order chi connectivity index (χ0) is 7.84. The van der Waals surface area contributed by atoms with Gasteiger partial charge in [-0.3, -0.25) is 9.69 Å². The molecule has 2 saturated heterocycles. The average Bonchev–Trinajstić information content (AvgIpc) is 2.23. The van der Waals surface area contributed by atoms with Crippen LogP contribution in [0, 0.1) is 0 Å². The van der Waals surface area contributed by atoms with Gasteiger partial charge in [-0.2, -0.15) is 0 Å². The molecule has 2 heteroatoms. The molecule has 0 saturated carbocycles. The molecule has 2 rings (SSSR count). The molecule has 0 spiro atoms. The molecule has 0 radical (unpaired) electrons. The molecular weight excluding hydrogens is 138 g/mol. The summed E-state index contributed by atoms with van der Waals surface area (Å²) in [6.45, 7) is 0. The Labute approximate surface area is 67.6 Å². The molecule has 2 heterocycles. The summed E-state index contributed by atoms with van der Waals surface area (Å²) in [5.41, 5.74) is 0. The maximum atomic E-state index is 11.4. The lowest BCUT2D eigenvalue weighted by Gasteiger charge is -2.20. The van der Waals surface area contributed by atoms with Crippen LogP contribution in [0.4, 0.5) is 0 Å². The molecule has 2 atom stereocenters. The zero-order valence-electron chi connectivity index (χ0n) is 7.05. The van der Waals surface area contributed by atoms with Crippen LogP contribution in [0.25, 0.3) is 0 Å². The number of carbonyl (C=O) groups is 1. The molecule has 2 aliphatic heterocycles. The van der Waals surface area contributed by atoms with Gasteiger partial charge in [-0.1, -0.05) is 0 Å². The number of carbonyl (C=O) groups excluding carboxylic acids is 1. The number of fused-ring (bicyclic) bond motifs is 2. The molecule has 0 amide bonds. The zero-order valence-corrected chi connectivity index (χ0v) is 7.05. The van der Waals surface area contributed by atoms with Gasteiger partial charge in [-0.25, -0.2) is 0 Å². The van der Waals surface area contributed by atoms with E-state index in [0.29, 0.717) is 11.8 Å². The molecule has 0 aromatic carbocycles. The highest BCUT2D eigenvalue weighted by atomic mass is 16.1. The van der Waals surface area contributed by atoms with E-state index in [1.165, 1.54) is 12.8 Å². The Balaban J connectivity index is 2.18. The molecule has 0 aliphatic carbocycles. The predicted molar refractivity (Wildman–Crippen MR) is 43.4 cm³/mol. The molecule has 0 aromatic heterocycles. The molecule has 2 bridgehead atoms. The van der Waals surface area contributed by atoms with Crippen molar-refractivity contribution in [2.75, 3.05) is 7.05 Å². The normalized spacial score (nSPS) is 39.2. The Morgan fingerprint density at radius 2 is 2.18 bits per heavy atom. The molecule has 2 aliphatic rings. The molecular formula is C9H15NO. The fourth-order valence-electron chi connectivity index (χ4n) is 2.43. The Hall–Kier alpha value is -0.370. The molecule has 0 N–H and O–H groups in total. The first kappa shape index (κ1) is 7.29. The SMILES string of the molecule is CN1[C@H]2CCCC(=O)[C@@H]1CC2. The number of likely N-dealkylation sites (N-methyl/N-ethyl adjacent to an activating group) is 1. The van der Waals surface area contributed by atoms with Crippen molar-refractivity contribution < 1.29 is 4.79 Å². The van der Waals surface area contributed by atoms with Crippen LogP contribution < -0.4 is 0 Å². The lowest BCUT2D eigenvalue weighted by atomic mass is 10.0. The lowest BCUT2D eigenvalue weighted by Crippen LogP contribution is -2.34. The fourth-order valence-corrected chi connectivity index (χ4v) is 2.43. The average molecular weight is 153 g/mol. The third-order valence-electron chi connectivity index (χ3n) is 3.17. The maximum absolute atomic E-state index is 11.4. The predicted octanol–water partition coefficient (Wildman–Crippen LogP) is 1.20. The highest BCUT2D eigenvalue weighted by Crippen LogP contribution is 2.30. The van der Waals surface area contributed by atoms with Crippen molar-refractivity contribution in [3.8, 4) is 0 Å². The fraction of sp³-hybridized carbons (Fsp3) is 0.889. The Morgan fingerprint density at radius 1 is 1.36 bits per heavy atom. The van der Waals surface area contributed by atoms with Crippen LogP contribution in [-0.4, -0.2) is 29.8 Å². The van der Waals surface area contributed by atoms with Gasteiger partial charge in [-0.05, 0) is 32.7 Å². The van der Waals surface area contributed by atoms with Crippen molar-refractivity contribution in [3.63, 3.8) is 0 Å². The first-order valence-corrected chi connectivity index (χ1v) is 4.53. The van der Waals surface area contributed by atoms with Crippen molar-refractivity contribution in [1.82, 2.24) is 4.90 Å². The lowest BCUT2D eigenvalue weighted by molar-refractivity contribution is -0.122. The van der Waals surface area contributed by atoms with Crippen LogP contribution in [-0.2, 0) is 4.79 Å². The Kier molecular flexibility index (Phi) is 1.72. The van der Waals surface area contributed by atoms with E-state index in [4.69, 9.17) is 0 Å². The van der Waals surface area contributed by atoms with Gasteiger partial charge in [-0.15, -0.1) is 0 Å². The minimum Gasteiger partial charge on any atom is -0.298 e. The van der Waals surface area contributed by atoms with Crippen molar-refractivity contribution in [2.24, 2.45) is 0 Å². The first-order chi connectivity index (χ1) is 5.29. The van der Waals surface area contributed by atoms with Crippen molar-refractivity contribution in [3.05, 3.63) is 0 Å². The second-order valence-corrected chi connectivity index (χ2v) is 3.77. The van der Waals surface area contributed by atoms with Crippen LogP contribution in [0.15, 0.2) is 0 Å². The van der Waals surface area contributed by atoms with E-state index in [1.54, 1.807) is 0 Å². The van der Waals surface area contributed by atoms with Crippen molar-refractivity contribution in [1.29, 1.82) is 0 Å². The quantitative estimate of drug-likeness (QED) is 0.521. The number of nitrogens with zero attached hydrogens (tertiary/aromatic N) is 1. The standard InChI is InChI=1S/C9H15NO/c1-10-7-3-2-4-9(11)8(10)6-5-7/h7-8H,2-6H2,1H3/t7-,8-/m0/s1. The van der Waals surface area contributed by atoms with E-state index in [0.717, 1.165) is 19.3 Å². The maximum Gasteiger partial charge on any atom is 0.149 e. The second kappa shape index (κ2) is 2.59. The summed E-state index contributed by atoms with van der Waals surface area (Å²) in [7, 11) is 2.10. The third kappa shape index (κ3) is 1.09. The van der Waals surface area contributed by atoms with E-state index in [2.05, 4.69) is 11.9 Å². The van der Waals surface area contributed by atoms with Crippen LogP contribution in [0.1, 0.15) is 32.1 Å². The summed E-state index contributed by atoms with van der Waals surface area (Å²) < 4.78 is 0. The van der Waals surface area contributed by atoms with Gasteiger partial charge in [0, 0.05) is 12.5 Å². The molecule has 62 valence electrons. The number of hydrogen-bond donors (Lipinski definition) is 0. The largest absolute Gasteiger partial charge is 0.298 e. The molecule has 2 nitrogen and oxygen atoms in total. The first-order valence-electron chi connectivity index (χ1n) is 4.53. The van der Waals surface area contributed by atoms with Crippen LogP contribution in [0.2, 0.25) is 0 Å². The summed E-state index contributed by atoms with van der Waals surface area (Å²) >= 11 is 0. The number of ketones is 1. The molecule has 0 aromatic rings. The van der Waals surface area contributed by atoms with E-state index in [1.807, 2.05) is 0 Å². The smallest absolute Gasteiger partial charge is 0.149 e. The number of hydrogen-bond acceptors (Lipinski definition) is 2. The van der Waals surface area contributed by atoms with Gasteiger partial charge in [0.1, 0.15) is 5.78 Å². The van der Waals surface area contributed by atoms with Gasteiger partial charge in [0.05, 0.1) is 6.04 Å². The van der Waals surface area contributed by atoms with Gasteiger partial charge in [0.25, 0.3) is 0 Å². The van der Waals surface area contributed by atoms with E-state index < -0.39 is 0 Å². The van der Waals surface area contributed by atoms with E-state index >= 15 is 0 Å². The van der Waals surface area contributed by atoms with Gasteiger partial charge < -0.3 is 0 Å². The van der Waals surface area contributed by atoms with E-state index in [-0.39, 0.29) is 6.04 Å². The molecule has 11 heavy (non-hydrogen) atoms. The molecule has 0 unspecified atom stereocenters. The topological polar surface area (TPSA) is 20.3 Å². The highest BCUT2D eigenvalue weighted by molar-refractivity contribution is 5.84. The van der Waals surface area contributed by atoms with Gasteiger partial charge >= 0.3 is 0 Å². The van der Waals surface area contributed by atoms with Gasteiger partial charge in [0.15, 0.2) is 0 Å². The minimum atomic E-state index is 0.280. The number of Topliss-reactive ketones (excluding diaryl/α,β-unsaturated/α-hetero) is 1. The summed E-state index contributed by atoms with van der Waals surface area (Å²) in [4.78, 5) is 13.7. The second-order valence-electron chi connectivity index (χ2n) is 3.77. The van der Waals surface area contributed by atoms with Crippen molar-refractivity contribution >= 4 is 5.78 Å². The Morgan fingerprint density at radius 3 is 3.00 bits per heavy atom. The number of rotatable bonds is 0. The highest BCUT2D eigenvalue weighted by Gasteiger charge is 2.36. The summed E-state index contributed by atoms with van der Waals surface area (Å²) in [6, 6.07) is 0.994. The summed E-state index contributed by atoms with van der Waals surface area (Å²) in [5, 5.41) is 0. The third-order valence-corrected chi connectivity index (χ3v) is 3.17. The minimum absolute atomic E-state index is 0.280.